The van der Waals surface area contributed by atoms with Gasteiger partial charge in [-0.15, -0.1) is 0 Å². The molecule has 8 heteroatoms. The highest BCUT2D eigenvalue weighted by molar-refractivity contribution is 5.35. The predicted octanol–water partition coefficient (Wildman–Crippen LogP) is 2.53. The molecule has 0 spiro atoms. The Kier molecular flexibility index (Phi) is 4.31. The Morgan fingerprint density at radius 3 is 1.50 bits per heavy atom. The molecule has 1 rings (SSSR count). The van der Waals surface area contributed by atoms with E-state index in [1.54, 1.807) is 27.7 Å². The molecule has 0 aliphatic rings. The van der Waals surface area contributed by atoms with Crippen molar-refractivity contribution >= 4 is 11.9 Å². The van der Waals surface area contributed by atoms with Crippen LogP contribution in [0, 0.1) is 0 Å². The van der Waals surface area contributed by atoms with E-state index < -0.39 is 12.0 Å². The second-order valence-corrected chi connectivity index (χ2v) is 4.40. The number of anilines is 2. The van der Waals surface area contributed by atoms with Gasteiger partial charge in [-0.05, 0) is 27.7 Å². The maximum absolute atomic E-state index is 12.6. The average molecular weight is 263 g/mol. The summed E-state index contributed by atoms with van der Waals surface area (Å²) in [6.45, 7) is 7.14. The molecule has 0 aromatic carbocycles. The topological polar surface area (TPSA) is 62.7 Å². The van der Waals surface area contributed by atoms with Crippen LogP contribution in [-0.2, 0) is 6.18 Å². The van der Waals surface area contributed by atoms with Crippen molar-refractivity contribution in [1.29, 1.82) is 0 Å². The zero-order chi connectivity index (χ0) is 13.9. The molecule has 5 nitrogen and oxygen atoms in total. The van der Waals surface area contributed by atoms with E-state index in [0.29, 0.717) is 0 Å². The third kappa shape index (κ3) is 4.34. The molecule has 0 amide bonds. The van der Waals surface area contributed by atoms with Crippen LogP contribution in [0.3, 0.4) is 0 Å². The molecule has 102 valence electrons. The van der Waals surface area contributed by atoms with E-state index in [1.165, 1.54) is 0 Å². The van der Waals surface area contributed by atoms with E-state index in [9.17, 15) is 13.2 Å². The lowest BCUT2D eigenvalue weighted by atomic mass is 10.4. The van der Waals surface area contributed by atoms with Crippen molar-refractivity contribution < 1.29 is 13.2 Å². The van der Waals surface area contributed by atoms with Crippen LogP contribution in [0.15, 0.2) is 0 Å². The minimum absolute atomic E-state index is 0.0691. The number of aromatic nitrogens is 3. The normalized spacial score (nSPS) is 12.1. The van der Waals surface area contributed by atoms with Crippen LogP contribution in [0.25, 0.3) is 0 Å². The predicted molar refractivity (Wildman–Crippen MR) is 62.3 cm³/mol. The number of halogens is 3. The Hall–Kier alpha value is -1.60. The van der Waals surface area contributed by atoms with Gasteiger partial charge in [-0.25, -0.2) is 0 Å². The standard InChI is InChI=1S/C10H16F3N5/c1-5(2)14-8-16-7(10(11,12)13)17-9(18-8)15-6(3)4/h5-6H,1-4H3,(H2,14,15,16,17,18). The van der Waals surface area contributed by atoms with E-state index in [2.05, 4.69) is 25.6 Å². The van der Waals surface area contributed by atoms with E-state index in [4.69, 9.17) is 0 Å². The third-order valence-corrected chi connectivity index (χ3v) is 1.72. The van der Waals surface area contributed by atoms with Gasteiger partial charge >= 0.3 is 6.18 Å². The molecule has 0 aliphatic carbocycles. The van der Waals surface area contributed by atoms with Crippen molar-refractivity contribution in [2.24, 2.45) is 0 Å². The molecule has 18 heavy (non-hydrogen) atoms. The Morgan fingerprint density at radius 1 is 0.833 bits per heavy atom. The molecule has 0 atom stereocenters. The van der Waals surface area contributed by atoms with Crippen molar-refractivity contribution in [2.75, 3.05) is 10.6 Å². The summed E-state index contributed by atoms with van der Waals surface area (Å²) in [5.41, 5.74) is 0. The van der Waals surface area contributed by atoms with Crippen LogP contribution in [0.1, 0.15) is 33.5 Å². The van der Waals surface area contributed by atoms with E-state index in [0.717, 1.165) is 0 Å². The van der Waals surface area contributed by atoms with Crippen molar-refractivity contribution in [2.45, 2.75) is 46.0 Å². The fourth-order valence-corrected chi connectivity index (χ4v) is 1.15. The molecule has 1 heterocycles. The number of nitrogens with zero attached hydrogens (tertiary/aromatic N) is 3. The SMILES string of the molecule is CC(C)Nc1nc(NC(C)C)nc(C(F)(F)F)n1. The first-order chi connectivity index (χ1) is 8.18. The summed E-state index contributed by atoms with van der Waals surface area (Å²) in [5.74, 6) is -1.38. The average Bonchev–Trinajstić information content (AvgIpc) is 2.13. The molecule has 0 saturated carbocycles. The molecular formula is C10H16F3N5. The van der Waals surface area contributed by atoms with Crippen LogP contribution in [-0.4, -0.2) is 27.0 Å². The summed E-state index contributed by atoms with van der Waals surface area (Å²) in [5, 5.41) is 5.46. The number of hydrogen-bond acceptors (Lipinski definition) is 5. The van der Waals surface area contributed by atoms with E-state index >= 15 is 0 Å². The maximum atomic E-state index is 12.6. The van der Waals surface area contributed by atoms with Gasteiger partial charge in [-0.3, -0.25) is 0 Å². The first kappa shape index (κ1) is 14.5. The lowest BCUT2D eigenvalue weighted by molar-refractivity contribution is -0.144. The van der Waals surface area contributed by atoms with E-state index in [1.807, 2.05) is 0 Å². The van der Waals surface area contributed by atoms with Gasteiger partial charge in [0.25, 0.3) is 0 Å². The van der Waals surface area contributed by atoms with Crippen LogP contribution in [0.4, 0.5) is 25.1 Å². The van der Waals surface area contributed by atoms with Crippen LogP contribution in [0.5, 0.6) is 0 Å². The molecule has 1 aromatic rings. The largest absolute Gasteiger partial charge is 0.451 e. The Bertz CT molecular complexity index is 375. The van der Waals surface area contributed by atoms with Crippen LogP contribution in [0.2, 0.25) is 0 Å². The van der Waals surface area contributed by atoms with Crippen LogP contribution < -0.4 is 10.6 Å². The highest BCUT2D eigenvalue weighted by atomic mass is 19.4. The minimum atomic E-state index is -4.59. The minimum Gasteiger partial charge on any atom is -0.352 e. The van der Waals surface area contributed by atoms with Gasteiger partial charge in [0.15, 0.2) is 0 Å². The van der Waals surface area contributed by atoms with Crippen molar-refractivity contribution in [3.63, 3.8) is 0 Å². The summed E-state index contributed by atoms with van der Waals surface area (Å²) < 4.78 is 37.8. The zero-order valence-electron chi connectivity index (χ0n) is 10.6. The second kappa shape index (κ2) is 5.36. The summed E-state index contributed by atoms with van der Waals surface area (Å²) in [7, 11) is 0. The first-order valence-electron chi connectivity index (χ1n) is 5.55. The maximum Gasteiger partial charge on any atom is 0.451 e. The molecule has 2 N–H and O–H groups in total. The van der Waals surface area contributed by atoms with Gasteiger partial charge in [-0.1, -0.05) is 0 Å². The number of hydrogen-bond donors (Lipinski definition) is 2. The summed E-state index contributed by atoms with van der Waals surface area (Å²) in [4.78, 5) is 10.6. The van der Waals surface area contributed by atoms with Gasteiger partial charge in [0.1, 0.15) is 0 Å². The second-order valence-electron chi connectivity index (χ2n) is 4.40. The molecule has 0 aliphatic heterocycles. The van der Waals surface area contributed by atoms with Crippen molar-refractivity contribution in [3.8, 4) is 0 Å². The fraction of sp³-hybridized carbons (Fsp3) is 0.700. The molecule has 0 saturated heterocycles. The zero-order valence-corrected chi connectivity index (χ0v) is 10.6. The van der Waals surface area contributed by atoms with E-state index in [-0.39, 0.29) is 24.0 Å². The monoisotopic (exact) mass is 263 g/mol. The molecule has 1 aromatic heterocycles. The van der Waals surface area contributed by atoms with Gasteiger partial charge in [0.05, 0.1) is 0 Å². The van der Waals surface area contributed by atoms with Crippen LogP contribution >= 0.6 is 0 Å². The van der Waals surface area contributed by atoms with Gasteiger partial charge < -0.3 is 10.6 Å². The Balaban J connectivity index is 3.11. The quantitative estimate of drug-likeness (QED) is 0.874. The molecular weight excluding hydrogens is 247 g/mol. The Labute approximate surface area is 103 Å². The van der Waals surface area contributed by atoms with Crippen molar-refractivity contribution in [3.05, 3.63) is 5.82 Å². The summed E-state index contributed by atoms with van der Waals surface area (Å²) in [6, 6.07) is -0.138. The lowest BCUT2D eigenvalue weighted by Crippen LogP contribution is -2.21. The van der Waals surface area contributed by atoms with Gasteiger partial charge in [-0.2, -0.15) is 28.1 Å². The Morgan fingerprint density at radius 2 is 1.22 bits per heavy atom. The number of rotatable bonds is 4. The molecule has 0 bridgehead atoms. The third-order valence-electron chi connectivity index (χ3n) is 1.72. The van der Waals surface area contributed by atoms with Gasteiger partial charge in [0, 0.05) is 12.1 Å². The van der Waals surface area contributed by atoms with Crippen molar-refractivity contribution in [1.82, 2.24) is 15.0 Å². The van der Waals surface area contributed by atoms with Gasteiger partial charge in [0.2, 0.25) is 17.7 Å². The molecule has 0 radical (unpaired) electrons. The summed E-state index contributed by atoms with van der Waals surface area (Å²) in [6.07, 6.45) is -4.59. The highest BCUT2D eigenvalue weighted by Gasteiger charge is 2.36. The molecule has 0 unspecified atom stereocenters. The number of nitrogens with one attached hydrogen (secondary N) is 2. The summed E-state index contributed by atoms with van der Waals surface area (Å²) >= 11 is 0. The fourth-order valence-electron chi connectivity index (χ4n) is 1.15. The lowest BCUT2D eigenvalue weighted by Gasteiger charge is -2.14. The highest BCUT2D eigenvalue weighted by Crippen LogP contribution is 2.27. The number of alkyl halides is 3. The smallest absolute Gasteiger partial charge is 0.352 e. The molecule has 0 fully saturated rings. The first-order valence-corrected chi connectivity index (χ1v) is 5.55.